The van der Waals surface area contributed by atoms with Gasteiger partial charge in [0.25, 0.3) is 0 Å². The van der Waals surface area contributed by atoms with Gasteiger partial charge < -0.3 is 10.1 Å². The first-order valence-corrected chi connectivity index (χ1v) is 5.91. The first-order valence-electron chi connectivity index (χ1n) is 5.91. The van der Waals surface area contributed by atoms with E-state index in [0.717, 1.165) is 5.69 Å². The third-order valence-electron chi connectivity index (χ3n) is 2.80. The molecule has 0 saturated carbocycles. The van der Waals surface area contributed by atoms with Gasteiger partial charge in [-0.25, -0.2) is 4.98 Å². The molecule has 0 aromatic carbocycles. The van der Waals surface area contributed by atoms with Crippen molar-refractivity contribution in [2.45, 2.75) is 52.2 Å². The predicted octanol–water partition coefficient (Wildman–Crippen LogP) is 2.04. The van der Waals surface area contributed by atoms with Crippen LogP contribution in [0.15, 0.2) is 12.5 Å². The SMILES string of the molecule is CC(C)N(C(C)C)C(CC(=O)O)c1cnc[nH]1. The molecule has 0 fully saturated rings. The van der Waals surface area contributed by atoms with Gasteiger partial charge in [-0.05, 0) is 27.7 Å². The summed E-state index contributed by atoms with van der Waals surface area (Å²) in [6.07, 6.45) is 3.37. The zero-order valence-corrected chi connectivity index (χ0v) is 10.8. The van der Waals surface area contributed by atoms with Crippen LogP contribution in [-0.2, 0) is 4.79 Å². The summed E-state index contributed by atoms with van der Waals surface area (Å²) in [5, 5.41) is 9.03. The van der Waals surface area contributed by atoms with Crippen LogP contribution in [0.3, 0.4) is 0 Å². The summed E-state index contributed by atoms with van der Waals surface area (Å²) in [6, 6.07) is 0.403. The zero-order valence-electron chi connectivity index (χ0n) is 10.8. The number of imidazole rings is 1. The van der Waals surface area contributed by atoms with Gasteiger partial charge in [-0.15, -0.1) is 0 Å². The van der Waals surface area contributed by atoms with Crippen LogP contribution in [0.1, 0.15) is 45.9 Å². The number of nitrogens with one attached hydrogen (secondary N) is 1. The summed E-state index contributed by atoms with van der Waals surface area (Å²) in [4.78, 5) is 20.2. The summed E-state index contributed by atoms with van der Waals surface area (Å²) < 4.78 is 0. The van der Waals surface area contributed by atoms with Crippen molar-refractivity contribution < 1.29 is 9.90 Å². The summed E-state index contributed by atoms with van der Waals surface area (Å²) in [6.45, 7) is 8.30. The Hall–Kier alpha value is -1.36. The Morgan fingerprint density at radius 3 is 2.35 bits per heavy atom. The number of carboxylic acid groups (broad SMARTS) is 1. The number of carboxylic acids is 1. The quantitative estimate of drug-likeness (QED) is 0.797. The number of hydrogen-bond acceptors (Lipinski definition) is 3. The molecule has 0 aliphatic heterocycles. The molecule has 17 heavy (non-hydrogen) atoms. The van der Waals surface area contributed by atoms with Crippen molar-refractivity contribution >= 4 is 5.97 Å². The van der Waals surface area contributed by atoms with Crippen LogP contribution in [0.25, 0.3) is 0 Å². The second-order valence-electron chi connectivity index (χ2n) is 4.76. The molecule has 0 saturated heterocycles. The topological polar surface area (TPSA) is 69.2 Å². The molecule has 0 aliphatic carbocycles. The highest BCUT2D eigenvalue weighted by Crippen LogP contribution is 2.26. The van der Waals surface area contributed by atoms with E-state index in [9.17, 15) is 4.79 Å². The van der Waals surface area contributed by atoms with E-state index in [-0.39, 0.29) is 24.5 Å². The fourth-order valence-corrected chi connectivity index (χ4v) is 2.31. The van der Waals surface area contributed by atoms with E-state index in [1.54, 1.807) is 12.5 Å². The second kappa shape index (κ2) is 5.82. The van der Waals surface area contributed by atoms with Crippen molar-refractivity contribution in [2.75, 3.05) is 0 Å². The van der Waals surface area contributed by atoms with Crippen LogP contribution in [0.4, 0.5) is 0 Å². The van der Waals surface area contributed by atoms with Crippen LogP contribution >= 0.6 is 0 Å². The number of aromatic nitrogens is 2. The van der Waals surface area contributed by atoms with Gasteiger partial charge in [0.15, 0.2) is 0 Å². The third-order valence-corrected chi connectivity index (χ3v) is 2.80. The molecule has 0 bridgehead atoms. The lowest BCUT2D eigenvalue weighted by molar-refractivity contribution is -0.139. The number of nitrogens with zero attached hydrogens (tertiary/aromatic N) is 2. The highest BCUT2D eigenvalue weighted by Gasteiger charge is 2.28. The van der Waals surface area contributed by atoms with E-state index >= 15 is 0 Å². The van der Waals surface area contributed by atoms with Gasteiger partial charge in [-0.3, -0.25) is 9.69 Å². The smallest absolute Gasteiger partial charge is 0.305 e. The average molecular weight is 239 g/mol. The van der Waals surface area contributed by atoms with E-state index in [2.05, 4.69) is 42.6 Å². The molecular formula is C12H21N3O2. The van der Waals surface area contributed by atoms with Crippen LogP contribution in [-0.4, -0.2) is 38.0 Å². The summed E-state index contributed by atoms with van der Waals surface area (Å²) in [5.74, 6) is -0.795. The Bertz CT molecular complexity index is 339. The first kappa shape index (κ1) is 13.7. The van der Waals surface area contributed by atoms with E-state index in [1.165, 1.54) is 0 Å². The predicted molar refractivity (Wildman–Crippen MR) is 65.7 cm³/mol. The van der Waals surface area contributed by atoms with Gasteiger partial charge in [0.05, 0.1) is 24.5 Å². The Kier molecular flexibility index (Phi) is 4.69. The molecule has 5 nitrogen and oxygen atoms in total. The Balaban J connectivity index is 2.99. The Labute approximate surface area is 102 Å². The normalized spacial score (nSPS) is 13.6. The zero-order chi connectivity index (χ0) is 13.0. The molecule has 1 aromatic heterocycles. The number of hydrogen-bond donors (Lipinski definition) is 2. The maximum Gasteiger partial charge on any atom is 0.305 e. The molecule has 2 N–H and O–H groups in total. The number of H-pyrrole nitrogens is 1. The van der Waals surface area contributed by atoms with Gasteiger partial charge in [0.2, 0.25) is 0 Å². The minimum atomic E-state index is -0.795. The van der Waals surface area contributed by atoms with Gasteiger partial charge in [-0.2, -0.15) is 0 Å². The first-order chi connectivity index (χ1) is 7.93. The lowest BCUT2D eigenvalue weighted by Crippen LogP contribution is -2.41. The fourth-order valence-electron chi connectivity index (χ4n) is 2.31. The molecule has 1 rings (SSSR count). The molecule has 0 aliphatic rings. The van der Waals surface area contributed by atoms with Crippen LogP contribution in [0, 0.1) is 0 Å². The maximum atomic E-state index is 11.0. The molecule has 0 amide bonds. The molecule has 0 radical (unpaired) electrons. The monoisotopic (exact) mass is 239 g/mol. The van der Waals surface area contributed by atoms with Crippen molar-refractivity contribution in [1.29, 1.82) is 0 Å². The van der Waals surface area contributed by atoms with Gasteiger partial charge >= 0.3 is 5.97 Å². The number of aliphatic carboxylic acids is 1. The molecular weight excluding hydrogens is 218 g/mol. The minimum Gasteiger partial charge on any atom is -0.481 e. The van der Waals surface area contributed by atoms with Crippen molar-refractivity contribution in [3.63, 3.8) is 0 Å². The minimum absolute atomic E-state index is 0.0819. The molecule has 1 unspecified atom stereocenters. The van der Waals surface area contributed by atoms with E-state index in [0.29, 0.717) is 0 Å². The average Bonchev–Trinajstić information content (AvgIpc) is 2.66. The van der Waals surface area contributed by atoms with Crippen LogP contribution < -0.4 is 0 Å². The van der Waals surface area contributed by atoms with Crippen molar-refractivity contribution in [3.8, 4) is 0 Å². The number of aromatic amines is 1. The molecule has 96 valence electrons. The molecule has 5 heteroatoms. The largest absolute Gasteiger partial charge is 0.481 e. The highest BCUT2D eigenvalue weighted by atomic mass is 16.4. The number of rotatable bonds is 6. The maximum absolute atomic E-state index is 11.0. The number of carbonyl (C=O) groups is 1. The summed E-state index contributed by atoms with van der Waals surface area (Å²) in [5.41, 5.74) is 0.856. The second-order valence-corrected chi connectivity index (χ2v) is 4.76. The summed E-state index contributed by atoms with van der Waals surface area (Å²) >= 11 is 0. The van der Waals surface area contributed by atoms with E-state index in [4.69, 9.17) is 5.11 Å². The lowest BCUT2D eigenvalue weighted by Gasteiger charge is -2.36. The van der Waals surface area contributed by atoms with E-state index in [1.807, 2.05) is 0 Å². The van der Waals surface area contributed by atoms with Crippen LogP contribution in [0.2, 0.25) is 0 Å². The fraction of sp³-hybridized carbons (Fsp3) is 0.667. The molecule has 1 aromatic rings. The third kappa shape index (κ3) is 3.56. The Morgan fingerprint density at radius 1 is 1.41 bits per heavy atom. The van der Waals surface area contributed by atoms with E-state index < -0.39 is 5.97 Å². The van der Waals surface area contributed by atoms with Crippen molar-refractivity contribution in [3.05, 3.63) is 18.2 Å². The van der Waals surface area contributed by atoms with Gasteiger partial charge in [0.1, 0.15) is 0 Å². The molecule has 1 heterocycles. The van der Waals surface area contributed by atoms with Gasteiger partial charge in [0, 0.05) is 18.3 Å². The standard InChI is InChI=1S/C12H21N3O2/c1-8(2)15(9(3)4)11(5-12(16)17)10-6-13-7-14-10/h6-9,11H,5H2,1-4H3,(H,13,14)(H,16,17). The summed E-state index contributed by atoms with van der Waals surface area (Å²) in [7, 11) is 0. The molecule has 1 atom stereocenters. The van der Waals surface area contributed by atoms with Crippen LogP contribution in [0.5, 0.6) is 0 Å². The van der Waals surface area contributed by atoms with Crippen molar-refractivity contribution in [2.24, 2.45) is 0 Å². The lowest BCUT2D eigenvalue weighted by atomic mass is 10.0. The molecule has 0 spiro atoms. The van der Waals surface area contributed by atoms with Crippen molar-refractivity contribution in [1.82, 2.24) is 14.9 Å². The Morgan fingerprint density at radius 2 is 2.00 bits per heavy atom. The highest BCUT2D eigenvalue weighted by molar-refractivity contribution is 5.67. The van der Waals surface area contributed by atoms with Gasteiger partial charge in [-0.1, -0.05) is 0 Å².